The van der Waals surface area contributed by atoms with Crippen LogP contribution in [0, 0.1) is 5.41 Å². The van der Waals surface area contributed by atoms with Crippen LogP contribution in [0.5, 0.6) is 0 Å². The van der Waals surface area contributed by atoms with Gasteiger partial charge in [0.25, 0.3) is 5.56 Å². The predicted molar refractivity (Wildman–Crippen MR) is 81.6 cm³/mol. The maximum absolute atomic E-state index is 11.2. The standard InChI is InChI=1S/C13H21BrN2OS/c1-3-6-13(9-14,7-4-2)10-18-12-15-8-5-11(17)16-12/h5,8H,3-4,6-7,9-10H2,1-2H3,(H,15,16,17). The van der Waals surface area contributed by atoms with Crippen molar-refractivity contribution in [1.82, 2.24) is 9.97 Å². The Morgan fingerprint density at radius 1 is 1.39 bits per heavy atom. The van der Waals surface area contributed by atoms with Crippen molar-refractivity contribution in [2.75, 3.05) is 11.1 Å². The van der Waals surface area contributed by atoms with Crippen LogP contribution in [0.4, 0.5) is 0 Å². The van der Waals surface area contributed by atoms with Crippen molar-refractivity contribution in [2.45, 2.75) is 44.7 Å². The highest BCUT2D eigenvalue weighted by molar-refractivity contribution is 9.09. The second-order valence-electron chi connectivity index (χ2n) is 4.66. The molecule has 1 N–H and O–H groups in total. The summed E-state index contributed by atoms with van der Waals surface area (Å²) in [7, 11) is 0. The lowest BCUT2D eigenvalue weighted by Crippen LogP contribution is -2.26. The van der Waals surface area contributed by atoms with Crippen LogP contribution in [-0.4, -0.2) is 21.1 Å². The first-order valence-corrected chi connectivity index (χ1v) is 8.50. The third kappa shape index (κ3) is 4.76. The van der Waals surface area contributed by atoms with Crippen molar-refractivity contribution >= 4 is 27.7 Å². The minimum atomic E-state index is -0.0806. The van der Waals surface area contributed by atoms with Crippen molar-refractivity contribution in [3.05, 3.63) is 22.6 Å². The molecule has 1 heterocycles. The lowest BCUT2D eigenvalue weighted by atomic mass is 9.83. The normalized spacial score (nSPS) is 11.7. The molecule has 1 aromatic rings. The Balaban J connectivity index is 2.69. The summed E-state index contributed by atoms with van der Waals surface area (Å²) < 4.78 is 0. The predicted octanol–water partition coefficient (Wildman–Crippen LogP) is 3.84. The van der Waals surface area contributed by atoms with Crippen molar-refractivity contribution in [2.24, 2.45) is 5.41 Å². The summed E-state index contributed by atoms with van der Waals surface area (Å²) in [6, 6.07) is 1.44. The molecule has 0 fully saturated rings. The molecule has 3 nitrogen and oxygen atoms in total. The van der Waals surface area contributed by atoms with E-state index in [0.717, 1.165) is 16.2 Å². The van der Waals surface area contributed by atoms with Crippen LogP contribution in [0.2, 0.25) is 0 Å². The first kappa shape index (κ1) is 15.8. The van der Waals surface area contributed by atoms with Crippen LogP contribution in [0.15, 0.2) is 22.2 Å². The molecule has 0 aliphatic carbocycles. The van der Waals surface area contributed by atoms with E-state index in [1.54, 1.807) is 18.0 Å². The van der Waals surface area contributed by atoms with Crippen LogP contribution in [0.1, 0.15) is 39.5 Å². The number of halogens is 1. The van der Waals surface area contributed by atoms with E-state index >= 15 is 0 Å². The minimum absolute atomic E-state index is 0.0806. The van der Waals surface area contributed by atoms with Gasteiger partial charge in [0.15, 0.2) is 5.16 Å². The summed E-state index contributed by atoms with van der Waals surface area (Å²) in [5.41, 5.74) is 0.227. The van der Waals surface area contributed by atoms with Gasteiger partial charge in [-0.2, -0.15) is 0 Å². The highest BCUT2D eigenvalue weighted by atomic mass is 79.9. The fraction of sp³-hybridized carbons (Fsp3) is 0.692. The Morgan fingerprint density at radius 3 is 2.56 bits per heavy atom. The second kappa shape index (κ2) is 8.00. The average Bonchev–Trinajstić information content (AvgIpc) is 2.37. The van der Waals surface area contributed by atoms with E-state index in [1.165, 1.54) is 31.7 Å². The lowest BCUT2D eigenvalue weighted by Gasteiger charge is -2.31. The third-order valence-corrected chi connectivity index (χ3v) is 5.43. The highest BCUT2D eigenvalue weighted by Gasteiger charge is 2.27. The van der Waals surface area contributed by atoms with Crippen LogP contribution in [0.3, 0.4) is 0 Å². The van der Waals surface area contributed by atoms with Gasteiger partial charge in [-0.3, -0.25) is 4.79 Å². The number of hydrogen-bond acceptors (Lipinski definition) is 3. The molecule has 102 valence electrons. The van der Waals surface area contributed by atoms with Gasteiger partial charge < -0.3 is 4.98 Å². The molecule has 5 heteroatoms. The molecule has 0 radical (unpaired) electrons. The highest BCUT2D eigenvalue weighted by Crippen LogP contribution is 2.36. The van der Waals surface area contributed by atoms with Crippen LogP contribution < -0.4 is 5.56 Å². The Labute approximate surface area is 121 Å². The van der Waals surface area contributed by atoms with E-state index in [4.69, 9.17) is 0 Å². The molecule has 1 rings (SSSR count). The summed E-state index contributed by atoms with van der Waals surface area (Å²) in [6.45, 7) is 4.45. The Kier molecular flexibility index (Phi) is 7.00. The van der Waals surface area contributed by atoms with Gasteiger partial charge in [0.05, 0.1) is 0 Å². The van der Waals surface area contributed by atoms with Gasteiger partial charge in [-0.25, -0.2) is 4.98 Å². The molecule has 0 amide bonds. The summed E-state index contributed by atoms with van der Waals surface area (Å²) in [4.78, 5) is 18.2. The number of thioether (sulfide) groups is 1. The van der Waals surface area contributed by atoms with Gasteiger partial charge in [0.1, 0.15) is 0 Å². The quantitative estimate of drug-likeness (QED) is 0.447. The summed E-state index contributed by atoms with van der Waals surface area (Å²) in [6.07, 6.45) is 6.35. The lowest BCUT2D eigenvalue weighted by molar-refractivity contribution is 0.320. The van der Waals surface area contributed by atoms with Gasteiger partial charge >= 0.3 is 0 Å². The number of alkyl halides is 1. The van der Waals surface area contributed by atoms with Gasteiger partial charge in [-0.15, -0.1) is 0 Å². The van der Waals surface area contributed by atoms with Crippen molar-refractivity contribution < 1.29 is 0 Å². The van der Waals surface area contributed by atoms with Gasteiger partial charge in [-0.05, 0) is 18.3 Å². The van der Waals surface area contributed by atoms with Gasteiger partial charge in [-0.1, -0.05) is 54.4 Å². The molecule has 18 heavy (non-hydrogen) atoms. The average molecular weight is 333 g/mol. The topological polar surface area (TPSA) is 45.8 Å². The zero-order chi connectivity index (χ0) is 13.4. The first-order chi connectivity index (χ1) is 8.65. The first-order valence-electron chi connectivity index (χ1n) is 6.40. The smallest absolute Gasteiger partial charge is 0.251 e. The molecule has 0 aromatic carbocycles. The summed E-state index contributed by atoms with van der Waals surface area (Å²) in [5, 5.41) is 1.73. The molecular formula is C13H21BrN2OS. The molecule has 0 aliphatic heterocycles. The van der Waals surface area contributed by atoms with E-state index < -0.39 is 0 Å². The molecule has 0 atom stereocenters. The van der Waals surface area contributed by atoms with E-state index in [9.17, 15) is 4.79 Å². The minimum Gasteiger partial charge on any atom is -0.301 e. The van der Waals surface area contributed by atoms with Crippen molar-refractivity contribution in [1.29, 1.82) is 0 Å². The van der Waals surface area contributed by atoms with Gasteiger partial charge in [0.2, 0.25) is 0 Å². The van der Waals surface area contributed by atoms with E-state index in [-0.39, 0.29) is 5.56 Å². The number of nitrogens with zero attached hydrogens (tertiary/aromatic N) is 1. The maximum Gasteiger partial charge on any atom is 0.251 e. The fourth-order valence-corrected chi connectivity index (χ4v) is 4.31. The maximum atomic E-state index is 11.2. The number of H-pyrrole nitrogens is 1. The largest absolute Gasteiger partial charge is 0.301 e. The molecule has 0 bridgehead atoms. The van der Waals surface area contributed by atoms with E-state index in [1.807, 2.05) is 0 Å². The molecule has 0 unspecified atom stereocenters. The summed E-state index contributed by atoms with van der Waals surface area (Å²) >= 11 is 5.31. The monoisotopic (exact) mass is 332 g/mol. The molecule has 0 saturated heterocycles. The molecule has 0 spiro atoms. The fourth-order valence-electron chi connectivity index (χ4n) is 2.15. The summed E-state index contributed by atoms with van der Waals surface area (Å²) in [5.74, 6) is 0.993. The molecule has 1 aromatic heterocycles. The van der Waals surface area contributed by atoms with Crippen LogP contribution in [0.25, 0.3) is 0 Å². The third-order valence-electron chi connectivity index (χ3n) is 3.01. The number of rotatable bonds is 8. The molecular weight excluding hydrogens is 312 g/mol. The number of aromatic amines is 1. The van der Waals surface area contributed by atoms with Crippen LogP contribution in [-0.2, 0) is 0 Å². The molecule has 0 aliphatic rings. The second-order valence-corrected chi connectivity index (χ2v) is 6.19. The van der Waals surface area contributed by atoms with Crippen LogP contribution >= 0.6 is 27.7 Å². The number of aromatic nitrogens is 2. The molecule has 0 saturated carbocycles. The SMILES string of the molecule is CCCC(CBr)(CCC)CSc1nccc(=O)[nH]1. The number of hydrogen-bond donors (Lipinski definition) is 1. The Bertz CT molecular complexity index is 402. The Morgan fingerprint density at radius 2 is 2.06 bits per heavy atom. The zero-order valence-corrected chi connectivity index (χ0v) is 13.4. The van der Waals surface area contributed by atoms with Crippen molar-refractivity contribution in [3.63, 3.8) is 0 Å². The van der Waals surface area contributed by atoms with E-state index in [2.05, 4.69) is 39.7 Å². The van der Waals surface area contributed by atoms with Crippen molar-refractivity contribution in [3.8, 4) is 0 Å². The number of nitrogens with one attached hydrogen (secondary N) is 1. The van der Waals surface area contributed by atoms with Gasteiger partial charge in [0, 0.05) is 23.3 Å². The zero-order valence-electron chi connectivity index (χ0n) is 11.0. The van der Waals surface area contributed by atoms with E-state index in [0.29, 0.717) is 5.41 Å². The Hall–Kier alpha value is -0.290.